The van der Waals surface area contributed by atoms with Crippen molar-refractivity contribution in [3.63, 3.8) is 0 Å². The number of allylic oxidation sites excluding steroid dienone is 2. The van der Waals surface area contributed by atoms with Crippen molar-refractivity contribution in [1.82, 2.24) is 0 Å². The second-order valence-electron chi connectivity index (χ2n) is 3.02. The van der Waals surface area contributed by atoms with Crippen LogP contribution in [-0.2, 0) is 0 Å². The van der Waals surface area contributed by atoms with Crippen molar-refractivity contribution >= 4 is 0 Å². The normalized spacial score (nSPS) is 43.2. The van der Waals surface area contributed by atoms with E-state index in [9.17, 15) is 4.39 Å². The lowest BCUT2D eigenvalue weighted by Crippen LogP contribution is -2.17. The van der Waals surface area contributed by atoms with E-state index < -0.39 is 6.17 Å². The molecule has 0 N–H and O–H groups in total. The minimum Gasteiger partial charge on any atom is -0.243 e. The predicted octanol–water partition coefficient (Wildman–Crippen LogP) is 2.56. The molecule has 0 saturated carbocycles. The zero-order valence-corrected chi connectivity index (χ0v) is 5.97. The summed E-state index contributed by atoms with van der Waals surface area (Å²) in [7, 11) is 0. The molecule has 0 radical (unpaired) electrons. The molecule has 0 amide bonds. The summed E-state index contributed by atoms with van der Waals surface area (Å²) in [4.78, 5) is 0. The second kappa shape index (κ2) is 2.51. The first-order valence-corrected chi connectivity index (χ1v) is 3.52. The van der Waals surface area contributed by atoms with Gasteiger partial charge in [0, 0.05) is 0 Å². The Labute approximate surface area is 55.8 Å². The summed E-state index contributed by atoms with van der Waals surface area (Å²) >= 11 is 0. The summed E-state index contributed by atoms with van der Waals surface area (Å²) < 4.78 is 12.7. The Balaban J connectivity index is 2.54. The third-order valence-corrected chi connectivity index (χ3v) is 1.91. The predicted molar refractivity (Wildman–Crippen MR) is 37.0 cm³/mol. The van der Waals surface area contributed by atoms with Crippen molar-refractivity contribution in [3.8, 4) is 0 Å². The van der Waals surface area contributed by atoms with Gasteiger partial charge in [0.15, 0.2) is 0 Å². The van der Waals surface area contributed by atoms with E-state index in [0.29, 0.717) is 5.92 Å². The maximum Gasteiger partial charge on any atom is 0.121 e. The molecule has 0 aliphatic heterocycles. The van der Waals surface area contributed by atoms with E-state index in [1.54, 1.807) is 6.08 Å². The summed E-state index contributed by atoms with van der Waals surface area (Å²) in [6, 6.07) is 0. The molecule has 0 saturated heterocycles. The third kappa shape index (κ3) is 1.54. The largest absolute Gasteiger partial charge is 0.243 e. The molecule has 1 rings (SSSR count). The summed E-state index contributed by atoms with van der Waals surface area (Å²) in [5.74, 6) is 0.803. The molecule has 0 aromatic heterocycles. The lowest BCUT2D eigenvalue weighted by Gasteiger charge is -2.21. The average molecular weight is 128 g/mol. The molecule has 0 fully saturated rings. The topological polar surface area (TPSA) is 0 Å². The fraction of sp³-hybridized carbons (Fsp3) is 0.750. The Morgan fingerprint density at radius 3 is 2.44 bits per heavy atom. The van der Waals surface area contributed by atoms with Crippen LogP contribution >= 0.6 is 0 Å². The van der Waals surface area contributed by atoms with E-state index in [2.05, 4.69) is 6.92 Å². The van der Waals surface area contributed by atoms with Gasteiger partial charge < -0.3 is 0 Å². The third-order valence-electron chi connectivity index (χ3n) is 1.91. The van der Waals surface area contributed by atoms with Crippen molar-refractivity contribution in [1.29, 1.82) is 0 Å². The van der Waals surface area contributed by atoms with E-state index in [-0.39, 0.29) is 5.92 Å². The molecule has 3 unspecified atom stereocenters. The Bertz CT molecular complexity index is 118. The van der Waals surface area contributed by atoms with Crippen molar-refractivity contribution in [2.75, 3.05) is 0 Å². The lowest BCUT2D eigenvalue weighted by molar-refractivity contribution is 0.254. The smallest absolute Gasteiger partial charge is 0.121 e. The number of hydrogen-bond donors (Lipinski definition) is 0. The molecular weight excluding hydrogens is 115 g/mol. The molecular formula is C8H13F. The van der Waals surface area contributed by atoms with E-state index in [1.807, 2.05) is 13.0 Å². The minimum absolute atomic E-state index is 0.227. The maximum absolute atomic E-state index is 12.7. The number of hydrogen-bond acceptors (Lipinski definition) is 0. The number of alkyl halides is 1. The van der Waals surface area contributed by atoms with Gasteiger partial charge in [0.25, 0.3) is 0 Å². The van der Waals surface area contributed by atoms with Crippen LogP contribution in [0.5, 0.6) is 0 Å². The molecule has 0 bridgehead atoms. The van der Waals surface area contributed by atoms with E-state index in [0.717, 1.165) is 6.42 Å². The molecule has 1 heteroatoms. The fourth-order valence-electron chi connectivity index (χ4n) is 1.28. The van der Waals surface area contributed by atoms with E-state index in [4.69, 9.17) is 0 Å². The first kappa shape index (κ1) is 6.79. The molecule has 0 heterocycles. The Kier molecular flexibility index (Phi) is 1.89. The molecule has 1 aliphatic rings. The Hall–Kier alpha value is -0.330. The van der Waals surface area contributed by atoms with Gasteiger partial charge in [-0.3, -0.25) is 0 Å². The van der Waals surface area contributed by atoms with Crippen LogP contribution in [0, 0.1) is 11.8 Å². The number of halogens is 1. The molecule has 9 heavy (non-hydrogen) atoms. The van der Waals surface area contributed by atoms with E-state index in [1.165, 1.54) is 0 Å². The van der Waals surface area contributed by atoms with Gasteiger partial charge in [-0.15, -0.1) is 0 Å². The lowest BCUT2D eigenvalue weighted by atomic mass is 9.88. The first-order valence-electron chi connectivity index (χ1n) is 3.52. The summed E-state index contributed by atoms with van der Waals surface area (Å²) in [5, 5.41) is 0. The highest BCUT2D eigenvalue weighted by atomic mass is 19.1. The highest BCUT2D eigenvalue weighted by Gasteiger charge is 2.19. The van der Waals surface area contributed by atoms with Crippen molar-refractivity contribution in [2.45, 2.75) is 26.4 Å². The van der Waals surface area contributed by atoms with Gasteiger partial charge in [-0.25, -0.2) is 4.39 Å². The molecule has 0 aromatic carbocycles. The van der Waals surface area contributed by atoms with Crippen LogP contribution in [0.15, 0.2) is 12.2 Å². The fourth-order valence-corrected chi connectivity index (χ4v) is 1.28. The van der Waals surface area contributed by atoms with Crippen LogP contribution in [0.1, 0.15) is 20.3 Å². The van der Waals surface area contributed by atoms with Crippen LogP contribution in [0.2, 0.25) is 0 Å². The number of rotatable bonds is 0. The standard InChI is InChI=1S/C8H13F/c1-6-3-4-8(9)7(2)5-6/h3-4,6-8H,5H2,1-2H3. The molecule has 0 spiro atoms. The second-order valence-corrected chi connectivity index (χ2v) is 3.02. The molecule has 0 aromatic rings. The van der Waals surface area contributed by atoms with Gasteiger partial charge in [0.2, 0.25) is 0 Å². The van der Waals surface area contributed by atoms with Crippen LogP contribution in [0.25, 0.3) is 0 Å². The molecule has 1 aliphatic carbocycles. The van der Waals surface area contributed by atoms with Gasteiger partial charge in [-0.05, 0) is 18.3 Å². The van der Waals surface area contributed by atoms with Crippen molar-refractivity contribution in [2.24, 2.45) is 11.8 Å². The molecule has 0 nitrogen and oxygen atoms in total. The van der Waals surface area contributed by atoms with Crippen molar-refractivity contribution < 1.29 is 4.39 Å². The maximum atomic E-state index is 12.7. The molecule has 52 valence electrons. The van der Waals surface area contributed by atoms with Gasteiger partial charge >= 0.3 is 0 Å². The summed E-state index contributed by atoms with van der Waals surface area (Å²) in [6.07, 6.45) is 3.95. The monoisotopic (exact) mass is 128 g/mol. The summed E-state index contributed by atoms with van der Waals surface area (Å²) in [5.41, 5.74) is 0. The van der Waals surface area contributed by atoms with E-state index >= 15 is 0 Å². The van der Waals surface area contributed by atoms with Crippen LogP contribution < -0.4 is 0 Å². The Morgan fingerprint density at radius 1 is 1.33 bits per heavy atom. The van der Waals surface area contributed by atoms with Crippen LogP contribution in [-0.4, -0.2) is 6.17 Å². The quantitative estimate of drug-likeness (QED) is 0.440. The molecule has 3 atom stereocenters. The average Bonchev–Trinajstić information content (AvgIpc) is 1.80. The van der Waals surface area contributed by atoms with Crippen LogP contribution in [0.3, 0.4) is 0 Å². The highest BCUT2D eigenvalue weighted by Crippen LogP contribution is 2.24. The zero-order valence-electron chi connectivity index (χ0n) is 5.97. The van der Waals surface area contributed by atoms with Gasteiger partial charge in [0.05, 0.1) is 0 Å². The summed E-state index contributed by atoms with van der Waals surface area (Å²) in [6.45, 7) is 4.09. The van der Waals surface area contributed by atoms with Gasteiger partial charge in [-0.1, -0.05) is 26.0 Å². The zero-order chi connectivity index (χ0) is 6.85. The highest BCUT2D eigenvalue weighted by molar-refractivity contribution is 4.99. The SMILES string of the molecule is CC1C=CC(F)C(C)C1. The Morgan fingerprint density at radius 2 is 2.00 bits per heavy atom. The van der Waals surface area contributed by atoms with Crippen molar-refractivity contribution in [3.05, 3.63) is 12.2 Å². The van der Waals surface area contributed by atoms with Gasteiger partial charge in [-0.2, -0.15) is 0 Å². The van der Waals surface area contributed by atoms with Crippen LogP contribution in [0.4, 0.5) is 4.39 Å². The first-order chi connectivity index (χ1) is 4.20. The van der Waals surface area contributed by atoms with Gasteiger partial charge in [0.1, 0.15) is 6.17 Å². The minimum atomic E-state index is -0.693.